The molecule has 2 rings (SSSR count). The van der Waals surface area contributed by atoms with E-state index in [4.69, 9.17) is 5.26 Å². The van der Waals surface area contributed by atoms with Crippen molar-refractivity contribution in [1.82, 2.24) is 9.97 Å². The molecule has 19 heavy (non-hydrogen) atoms. The Balaban J connectivity index is 2.19. The number of aromatic nitrogens is 2. The number of nitriles is 1. The van der Waals surface area contributed by atoms with Crippen molar-refractivity contribution in [2.24, 2.45) is 0 Å². The molecule has 2 N–H and O–H groups in total. The summed E-state index contributed by atoms with van der Waals surface area (Å²) in [5.41, 5.74) is 0.305. The van der Waals surface area contributed by atoms with Crippen molar-refractivity contribution in [3.63, 3.8) is 0 Å². The van der Waals surface area contributed by atoms with Gasteiger partial charge in [0.2, 0.25) is 0 Å². The van der Waals surface area contributed by atoms with E-state index in [-0.39, 0.29) is 12.4 Å². The summed E-state index contributed by atoms with van der Waals surface area (Å²) in [6, 6.07) is 8.11. The number of hydrogen-bond donors (Lipinski definition) is 2. The van der Waals surface area contributed by atoms with E-state index in [2.05, 4.69) is 36.5 Å². The average molecular weight is 322 g/mol. The van der Waals surface area contributed by atoms with Crippen molar-refractivity contribution in [2.45, 2.75) is 0 Å². The Kier molecular flexibility index (Phi) is 4.26. The molecule has 0 saturated carbocycles. The number of rotatable bonds is 4. The molecule has 0 saturated heterocycles. The standard InChI is InChI=1S/C12H9BrFN5/c13-8-1-2-9(14)10(5-8)19-12-6-11(16-4-3-15)17-7-18-12/h1-2,5-7H,4H2,(H2,16,17,18,19). The zero-order valence-corrected chi connectivity index (χ0v) is 11.3. The van der Waals surface area contributed by atoms with Crippen LogP contribution >= 0.6 is 15.9 Å². The van der Waals surface area contributed by atoms with Crippen molar-refractivity contribution in [1.29, 1.82) is 5.26 Å². The lowest BCUT2D eigenvalue weighted by molar-refractivity contribution is 0.631. The molecule has 2 aromatic rings. The molecule has 0 atom stereocenters. The molecule has 0 fully saturated rings. The van der Waals surface area contributed by atoms with Gasteiger partial charge in [-0.1, -0.05) is 15.9 Å². The minimum atomic E-state index is -0.381. The Hall–Kier alpha value is -2.20. The predicted molar refractivity (Wildman–Crippen MR) is 73.5 cm³/mol. The van der Waals surface area contributed by atoms with E-state index in [1.807, 2.05) is 6.07 Å². The predicted octanol–water partition coefficient (Wildman–Crippen LogP) is 3.06. The lowest BCUT2D eigenvalue weighted by Crippen LogP contribution is -2.03. The topological polar surface area (TPSA) is 73.6 Å². The monoisotopic (exact) mass is 321 g/mol. The van der Waals surface area contributed by atoms with E-state index in [1.165, 1.54) is 12.4 Å². The third-order valence-electron chi connectivity index (χ3n) is 2.21. The van der Waals surface area contributed by atoms with E-state index in [0.717, 1.165) is 4.47 Å². The Morgan fingerprint density at radius 2 is 2.05 bits per heavy atom. The number of benzene rings is 1. The van der Waals surface area contributed by atoms with Gasteiger partial charge >= 0.3 is 0 Å². The Bertz CT molecular complexity index is 626. The fraction of sp³-hybridized carbons (Fsp3) is 0.0833. The molecule has 96 valence electrons. The summed E-state index contributed by atoms with van der Waals surface area (Å²) in [5.74, 6) is 0.551. The van der Waals surface area contributed by atoms with Crippen LogP contribution in [0.25, 0.3) is 0 Å². The highest BCUT2D eigenvalue weighted by molar-refractivity contribution is 9.10. The number of nitrogens with zero attached hydrogens (tertiary/aromatic N) is 3. The van der Waals surface area contributed by atoms with Crippen molar-refractivity contribution in [3.05, 3.63) is 40.9 Å². The Morgan fingerprint density at radius 1 is 1.26 bits per heavy atom. The summed E-state index contributed by atoms with van der Waals surface area (Å²) in [6.45, 7) is 0.141. The summed E-state index contributed by atoms with van der Waals surface area (Å²) in [5, 5.41) is 14.1. The van der Waals surface area contributed by atoms with Crippen molar-refractivity contribution < 1.29 is 4.39 Å². The van der Waals surface area contributed by atoms with E-state index in [0.29, 0.717) is 17.3 Å². The molecule has 0 bridgehead atoms. The van der Waals surface area contributed by atoms with Crippen LogP contribution in [0.2, 0.25) is 0 Å². The number of anilines is 3. The number of nitrogens with one attached hydrogen (secondary N) is 2. The summed E-state index contributed by atoms with van der Waals surface area (Å²) < 4.78 is 14.3. The van der Waals surface area contributed by atoms with Gasteiger partial charge in [0.05, 0.1) is 11.8 Å². The summed E-state index contributed by atoms with van der Waals surface area (Å²) in [7, 11) is 0. The van der Waals surface area contributed by atoms with E-state index in [1.54, 1.807) is 18.2 Å². The molecule has 1 aromatic heterocycles. The second-order valence-electron chi connectivity index (χ2n) is 3.55. The fourth-order valence-electron chi connectivity index (χ4n) is 1.38. The van der Waals surface area contributed by atoms with Gasteiger partial charge in [-0.3, -0.25) is 0 Å². The van der Waals surface area contributed by atoms with E-state index in [9.17, 15) is 4.39 Å². The maximum absolute atomic E-state index is 13.6. The molecular formula is C12H9BrFN5. The SMILES string of the molecule is N#CCNc1cc(Nc2cc(Br)ccc2F)ncn1. The highest BCUT2D eigenvalue weighted by atomic mass is 79.9. The van der Waals surface area contributed by atoms with Crippen molar-refractivity contribution >= 4 is 33.3 Å². The van der Waals surface area contributed by atoms with Crippen LogP contribution in [0.1, 0.15) is 0 Å². The summed E-state index contributed by atoms with van der Waals surface area (Å²) in [6.07, 6.45) is 1.33. The molecule has 1 heterocycles. The van der Waals surface area contributed by atoms with E-state index >= 15 is 0 Å². The zero-order chi connectivity index (χ0) is 13.7. The minimum Gasteiger partial charge on any atom is -0.357 e. The van der Waals surface area contributed by atoms with Crippen LogP contribution in [0.15, 0.2) is 35.1 Å². The largest absolute Gasteiger partial charge is 0.357 e. The van der Waals surface area contributed by atoms with Gasteiger partial charge in [0.15, 0.2) is 0 Å². The van der Waals surface area contributed by atoms with Gasteiger partial charge in [-0.2, -0.15) is 5.26 Å². The third-order valence-corrected chi connectivity index (χ3v) is 2.70. The molecule has 0 aliphatic rings. The van der Waals surface area contributed by atoms with Gasteiger partial charge in [-0.15, -0.1) is 0 Å². The lowest BCUT2D eigenvalue weighted by Gasteiger charge is -2.08. The molecule has 7 heteroatoms. The highest BCUT2D eigenvalue weighted by Gasteiger charge is 2.05. The molecule has 0 unspecified atom stereocenters. The maximum Gasteiger partial charge on any atom is 0.146 e. The van der Waals surface area contributed by atoms with Crippen molar-refractivity contribution in [3.8, 4) is 6.07 Å². The van der Waals surface area contributed by atoms with Gasteiger partial charge in [0, 0.05) is 10.5 Å². The summed E-state index contributed by atoms with van der Waals surface area (Å²) in [4.78, 5) is 7.93. The second kappa shape index (κ2) is 6.11. The Labute approximate surface area is 117 Å². The lowest BCUT2D eigenvalue weighted by atomic mass is 10.3. The first kappa shape index (κ1) is 13.2. The maximum atomic E-state index is 13.6. The van der Waals surface area contributed by atoms with Crippen LogP contribution in [0.5, 0.6) is 0 Å². The highest BCUT2D eigenvalue weighted by Crippen LogP contribution is 2.23. The first-order valence-corrected chi connectivity index (χ1v) is 6.13. The van der Waals surface area contributed by atoms with Gasteiger partial charge in [-0.25, -0.2) is 14.4 Å². The van der Waals surface area contributed by atoms with Crippen LogP contribution in [0.4, 0.5) is 21.7 Å². The molecule has 5 nitrogen and oxygen atoms in total. The molecular weight excluding hydrogens is 313 g/mol. The third kappa shape index (κ3) is 3.63. The smallest absolute Gasteiger partial charge is 0.146 e. The molecule has 0 aliphatic heterocycles. The van der Waals surface area contributed by atoms with Gasteiger partial charge in [0.1, 0.15) is 30.3 Å². The van der Waals surface area contributed by atoms with Crippen LogP contribution < -0.4 is 10.6 Å². The van der Waals surface area contributed by atoms with Crippen LogP contribution in [0, 0.1) is 17.1 Å². The van der Waals surface area contributed by atoms with Crippen LogP contribution in [-0.2, 0) is 0 Å². The van der Waals surface area contributed by atoms with Gasteiger partial charge < -0.3 is 10.6 Å². The van der Waals surface area contributed by atoms with Gasteiger partial charge in [-0.05, 0) is 18.2 Å². The van der Waals surface area contributed by atoms with Crippen molar-refractivity contribution in [2.75, 3.05) is 17.2 Å². The van der Waals surface area contributed by atoms with Gasteiger partial charge in [0.25, 0.3) is 0 Å². The second-order valence-corrected chi connectivity index (χ2v) is 4.46. The number of halogens is 2. The minimum absolute atomic E-state index is 0.141. The zero-order valence-electron chi connectivity index (χ0n) is 9.69. The summed E-state index contributed by atoms with van der Waals surface area (Å²) >= 11 is 3.27. The first-order valence-electron chi connectivity index (χ1n) is 5.34. The molecule has 0 spiro atoms. The fourth-order valence-corrected chi connectivity index (χ4v) is 1.74. The first-order chi connectivity index (χ1) is 9.19. The van der Waals surface area contributed by atoms with Crippen LogP contribution in [-0.4, -0.2) is 16.5 Å². The van der Waals surface area contributed by atoms with E-state index < -0.39 is 0 Å². The normalized spacial score (nSPS) is 9.74. The molecule has 1 aromatic carbocycles. The Morgan fingerprint density at radius 3 is 2.84 bits per heavy atom. The average Bonchev–Trinajstić information content (AvgIpc) is 2.41. The van der Waals surface area contributed by atoms with Crippen LogP contribution in [0.3, 0.4) is 0 Å². The molecule has 0 radical (unpaired) electrons. The molecule has 0 aliphatic carbocycles. The number of hydrogen-bond acceptors (Lipinski definition) is 5. The quantitative estimate of drug-likeness (QED) is 0.847. The molecule has 0 amide bonds.